The van der Waals surface area contributed by atoms with Gasteiger partial charge in [0.15, 0.2) is 0 Å². The van der Waals surface area contributed by atoms with Crippen LogP contribution in [0.1, 0.15) is 40.5 Å². The number of hydrogen-bond donors (Lipinski definition) is 2. The van der Waals surface area contributed by atoms with Crippen LogP contribution in [0.2, 0.25) is 0 Å². The maximum absolute atomic E-state index is 12.4. The minimum absolute atomic E-state index is 0.0833. The van der Waals surface area contributed by atoms with Gasteiger partial charge in [-0.15, -0.1) is 0 Å². The molecule has 0 aliphatic carbocycles. The van der Waals surface area contributed by atoms with Gasteiger partial charge in [-0.25, -0.2) is 4.79 Å². The Balaban J connectivity index is 1.70. The monoisotopic (exact) mass is 329 g/mol. The molecule has 1 amide bonds. The van der Waals surface area contributed by atoms with E-state index in [9.17, 15) is 4.79 Å². The molecule has 2 aromatic rings. The fourth-order valence-electron chi connectivity index (χ4n) is 3.27. The van der Waals surface area contributed by atoms with Gasteiger partial charge in [0.05, 0.1) is 6.04 Å². The molecule has 5 nitrogen and oxygen atoms in total. The normalized spacial score (nSPS) is 21.8. The SMILES string of the molecule is CC1C(Nc2cc3ccccc3[nH]2)CCCN1C(=O)OC(C)(C)C. The molecule has 2 N–H and O–H groups in total. The number of carbonyl (C=O) groups is 1. The molecule has 1 saturated heterocycles. The Kier molecular flexibility index (Phi) is 4.43. The topological polar surface area (TPSA) is 57.4 Å². The van der Waals surface area contributed by atoms with Gasteiger partial charge in [0, 0.05) is 23.5 Å². The van der Waals surface area contributed by atoms with Gasteiger partial charge in [0.25, 0.3) is 0 Å². The summed E-state index contributed by atoms with van der Waals surface area (Å²) >= 11 is 0. The second-order valence-corrected chi connectivity index (χ2v) is 7.58. The third-order valence-corrected chi connectivity index (χ3v) is 4.49. The summed E-state index contributed by atoms with van der Waals surface area (Å²) < 4.78 is 5.55. The number of anilines is 1. The number of aromatic amines is 1. The summed E-state index contributed by atoms with van der Waals surface area (Å²) in [7, 11) is 0. The number of benzene rings is 1. The Morgan fingerprint density at radius 1 is 1.33 bits per heavy atom. The van der Waals surface area contributed by atoms with Gasteiger partial charge < -0.3 is 19.9 Å². The van der Waals surface area contributed by atoms with Crippen molar-refractivity contribution in [1.29, 1.82) is 0 Å². The molecule has 1 aliphatic heterocycles. The number of aromatic nitrogens is 1. The number of H-pyrrole nitrogens is 1. The highest BCUT2D eigenvalue weighted by Gasteiger charge is 2.33. The number of nitrogens with zero attached hydrogens (tertiary/aromatic N) is 1. The molecule has 0 saturated carbocycles. The van der Waals surface area contributed by atoms with Crippen LogP contribution in [0.25, 0.3) is 10.9 Å². The Hall–Kier alpha value is -2.17. The Bertz CT molecular complexity index is 684. The lowest BCUT2D eigenvalue weighted by atomic mass is 9.98. The molecule has 24 heavy (non-hydrogen) atoms. The summed E-state index contributed by atoms with van der Waals surface area (Å²) in [6.45, 7) is 8.55. The van der Waals surface area contributed by atoms with Crippen molar-refractivity contribution in [1.82, 2.24) is 9.88 Å². The Morgan fingerprint density at radius 2 is 2.08 bits per heavy atom. The van der Waals surface area contributed by atoms with Crippen LogP contribution < -0.4 is 5.32 Å². The van der Waals surface area contributed by atoms with Gasteiger partial charge in [0.1, 0.15) is 11.4 Å². The first-order valence-electron chi connectivity index (χ1n) is 8.67. The number of likely N-dealkylation sites (tertiary alicyclic amines) is 1. The highest BCUT2D eigenvalue weighted by molar-refractivity contribution is 5.83. The maximum Gasteiger partial charge on any atom is 0.410 e. The minimum Gasteiger partial charge on any atom is -0.444 e. The van der Waals surface area contributed by atoms with Crippen LogP contribution in [-0.4, -0.2) is 40.2 Å². The number of amides is 1. The highest BCUT2D eigenvalue weighted by Crippen LogP contribution is 2.25. The lowest BCUT2D eigenvalue weighted by Crippen LogP contribution is -2.53. The van der Waals surface area contributed by atoms with E-state index in [1.807, 2.05) is 37.8 Å². The van der Waals surface area contributed by atoms with E-state index in [2.05, 4.69) is 35.4 Å². The molecule has 3 rings (SSSR count). The molecule has 0 radical (unpaired) electrons. The lowest BCUT2D eigenvalue weighted by Gasteiger charge is -2.40. The van der Waals surface area contributed by atoms with Gasteiger partial charge in [-0.3, -0.25) is 0 Å². The summed E-state index contributed by atoms with van der Waals surface area (Å²) in [4.78, 5) is 17.7. The molecule has 1 aliphatic rings. The van der Waals surface area contributed by atoms with E-state index in [1.54, 1.807) is 0 Å². The van der Waals surface area contributed by atoms with Crippen LogP contribution >= 0.6 is 0 Å². The molecule has 2 atom stereocenters. The van der Waals surface area contributed by atoms with E-state index in [4.69, 9.17) is 4.74 Å². The molecule has 1 aromatic heterocycles. The molecule has 130 valence electrons. The summed E-state index contributed by atoms with van der Waals surface area (Å²) in [5, 5.41) is 4.75. The molecule has 2 unspecified atom stereocenters. The van der Waals surface area contributed by atoms with Crippen LogP contribution in [0.3, 0.4) is 0 Å². The first kappa shape index (κ1) is 16.7. The zero-order chi connectivity index (χ0) is 17.3. The molecule has 0 bridgehead atoms. The van der Waals surface area contributed by atoms with Crippen molar-refractivity contribution in [2.24, 2.45) is 0 Å². The second-order valence-electron chi connectivity index (χ2n) is 7.58. The summed E-state index contributed by atoms with van der Waals surface area (Å²) in [6.07, 6.45) is 1.79. The van der Waals surface area contributed by atoms with Crippen LogP contribution in [0.4, 0.5) is 10.6 Å². The number of rotatable bonds is 2. The zero-order valence-electron chi connectivity index (χ0n) is 14.9. The number of piperidine rings is 1. The Morgan fingerprint density at radius 3 is 2.79 bits per heavy atom. The van der Waals surface area contributed by atoms with Gasteiger partial charge in [-0.1, -0.05) is 18.2 Å². The molecule has 0 spiro atoms. The van der Waals surface area contributed by atoms with Crippen LogP contribution in [0, 0.1) is 0 Å². The standard InChI is InChI=1S/C19H27N3O2/c1-13-15(10-7-11-22(13)18(23)24-19(2,3)4)20-17-12-14-8-5-6-9-16(14)21-17/h5-6,8-9,12-13,15,20-21H,7,10-11H2,1-4H3. The fourth-order valence-corrected chi connectivity index (χ4v) is 3.27. The molecular weight excluding hydrogens is 302 g/mol. The fraction of sp³-hybridized carbons (Fsp3) is 0.526. The minimum atomic E-state index is -0.464. The number of fused-ring (bicyclic) bond motifs is 1. The van der Waals surface area contributed by atoms with Crippen LogP contribution in [-0.2, 0) is 4.74 Å². The van der Waals surface area contributed by atoms with Gasteiger partial charge in [-0.05, 0) is 52.7 Å². The van der Waals surface area contributed by atoms with Crippen molar-refractivity contribution in [3.05, 3.63) is 30.3 Å². The summed E-state index contributed by atoms with van der Waals surface area (Å²) in [5.41, 5.74) is 0.654. The first-order valence-corrected chi connectivity index (χ1v) is 8.67. The highest BCUT2D eigenvalue weighted by atomic mass is 16.6. The predicted octanol–water partition coefficient (Wildman–Crippen LogP) is 4.37. The predicted molar refractivity (Wildman–Crippen MR) is 97.3 cm³/mol. The van der Waals surface area contributed by atoms with Crippen molar-refractivity contribution in [3.63, 3.8) is 0 Å². The molecular formula is C19H27N3O2. The number of hydrogen-bond acceptors (Lipinski definition) is 3. The second kappa shape index (κ2) is 6.38. The van der Waals surface area contributed by atoms with Gasteiger partial charge in [0.2, 0.25) is 0 Å². The van der Waals surface area contributed by atoms with E-state index in [1.165, 1.54) is 5.39 Å². The average Bonchev–Trinajstić information content (AvgIpc) is 2.89. The summed E-state index contributed by atoms with van der Waals surface area (Å²) in [6, 6.07) is 10.6. The van der Waals surface area contributed by atoms with E-state index < -0.39 is 5.60 Å². The van der Waals surface area contributed by atoms with E-state index >= 15 is 0 Å². The van der Waals surface area contributed by atoms with Crippen LogP contribution in [0.5, 0.6) is 0 Å². The quantitative estimate of drug-likeness (QED) is 0.860. The lowest BCUT2D eigenvalue weighted by molar-refractivity contribution is 0.0104. The molecule has 1 fully saturated rings. The van der Waals surface area contributed by atoms with Crippen molar-refractivity contribution in [2.45, 2.75) is 58.2 Å². The van der Waals surface area contributed by atoms with E-state index in [0.717, 1.165) is 30.7 Å². The average molecular weight is 329 g/mol. The van der Waals surface area contributed by atoms with Crippen molar-refractivity contribution in [3.8, 4) is 0 Å². The molecule has 2 heterocycles. The maximum atomic E-state index is 12.4. The number of para-hydroxylation sites is 1. The molecule has 1 aromatic carbocycles. The molecule has 5 heteroatoms. The van der Waals surface area contributed by atoms with Gasteiger partial charge in [-0.2, -0.15) is 0 Å². The third-order valence-electron chi connectivity index (χ3n) is 4.49. The number of nitrogens with one attached hydrogen (secondary N) is 2. The summed E-state index contributed by atoms with van der Waals surface area (Å²) in [5.74, 6) is 0.999. The smallest absolute Gasteiger partial charge is 0.410 e. The number of carbonyl (C=O) groups excluding carboxylic acids is 1. The van der Waals surface area contributed by atoms with Crippen LogP contribution in [0.15, 0.2) is 30.3 Å². The first-order chi connectivity index (χ1) is 11.3. The van der Waals surface area contributed by atoms with Crippen molar-refractivity contribution >= 4 is 22.8 Å². The van der Waals surface area contributed by atoms with Gasteiger partial charge >= 0.3 is 6.09 Å². The Labute approximate surface area is 143 Å². The zero-order valence-corrected chi connectivity index (χ0v) is 14.9. The largest absolute Gasteiger partial charge is 0.444 e. The third kappa shape index (κ3) is 3.66. The van der Waals surface area contributed by atoms with Crippen molar-refractivity contribution in [2.75, 3.05) is 11.9 Å². The van der Waals surface area contributed by atoms with E-state index in [-0.39, 0.29) is 18.2 Å². The van der Waals surface area contributed by atoms with Crippen molar-refractivity contribution < 1.29 is 9.53 Å². The number of ether oxygens (including phenoxy) is 1. The van der Waals surface area contributed by atoms with E-state index in [0.29, 0.717) is 0 Å².